The van der Waals surface area contributed by atoms with Crippen LogP contribution >= 0.6 is 11.6 Å². The molecule has 22 heavy (non-hydrogen) atoms. The van der Waals surface area contributed by atoms with Crippen LogP contribution in [-0.2, 0) is 0 Å². The van der Waals surface area contributed by atoms with Crippen molar-refractivity contribution < 1.29 is 4.74 Å². The Labute approximate surface area is 138 Å². The molecule has 2 aromatic rings. The van der Waals surface area contributed by atoms with Gasteiger partial charge in [0.25, 0.3) is 0 Å². The van der Waals surface area contributed by atoms with E-state index < -0.39 is 0 Å². The Hall–Kier alpha value is -1.67. The third kappa shape index (κ3) is 4.41. The van der Waals surface area contributed by atoms with Gasteiger partial charge in [0.05, 0.1) is 0 Å². The van der Waals surface area contributed by atoms with Crippen LogP contribution in [0.1, 0.15) is 36.5 Å². The molecule has 0 fully saturated rings. The molecule has 2 nitrogen and oxygen atoms in total. The number of nitrogens with one attached hydrogen (secondary N) is 1. The summed E-state index contributed by atoms with van der Waals surface area (Å²) in [5.41, 5.74) is 4.72. The first-order chi connectivity index (χ1) is 10.5. The van der Waals surface area contributed by atoms with Crippen molar-refractivity contribution in [3.63, 3.8) is 0 Å². The summed E-state index contributed by atoms with van der Waals surface area (Å²) in [6.07, 6.45) is 0. The smallest absolute Gasteiger partial charge is 0.123 e. The van der Waals surface area contributed by atoms with Crippen LogP contribution < -0.4 is 10.1 Å². The van der Waals surface area contributed by atoms with Crippen molar-refractivity contribution in [2.24, 2.45) is 0 Å². The van der Waals surface area contributed by atoms with E-state index >= 15 is 0 Å². The van der Waals surface area contributed by atoms with E-state index in [1.807, 2.05) is 18.2 Å². The third-order valence-electron chi connectivity index (χ3n) is 3.67. The molecule has 118 valence electrons. The maximum atomic E-state index is 6.03. The summed E-state index contributed by atoms with van der Waals surface area (Å²) in [6.45, 7) is 9.89. The summed E-state index contributed by atoms with van der Waals surface area (Å²) in [5.74, 6) is 1.44. The fraction of sp³-hybridized carbons (Fsp3) is 0.368. The van der Waals surface area contributed by atoms with Gasteiger partial charge in [0.15, 0.2) is 0 Å². The van der Waals surface area contributed by atoms with Crippen molar-refractivity contribution >= 4 is 17.3 Å². The second-order valence-electron chi connectivity index (χ2n) is 5.93. The molecule has 0 bridgehead atoms. The summed E-state index contributed by atoms with van der Waals surface area (Å²) in [5, 5.41) is 4.12. The Balaban J connectivity index is 1.94. The maximum Gasteiger partial charge on any atom is 0.123 e. The van der Waals surface area contributed by atoms with Gasteiger partial charge in [-0.1, -0.05) is 43.6 Å². The number of anilines is 1. The first kappa shape index (κ1) is 16.7. The van der Waals surface area contributed by atoms with E-state index in [0.717, 1.165) is 23.0 Å². The Bertz CT molecular complexity index is 637. The van der Waals surface area contributed by atoms with Crippen molar-refractivity contribution in [1.82, 2.24) is 0 Å². The van der Waals surface area contributed by atoms with E-state index in [1.54, 1.807) is 0 Å². The van der Waals surface area contributed by atoms with Crippen molar-refractivity contribution in [1.29, 1.82) is 0 Å². The molecule has 0 heterocycles. The number of halogens is 1. The van der Waals surface area contributed by atoms with Crippen molar-refractivity contribution in [3.05, 3.63) is 58.1 Å². The first-order valence-electron chi connectivity index (χ1n) is 7.70. The van der Waals surface area contributed by atoms with Crippen LogP contribution in [-0.4, -0.2) is 13.2 Å². The van der Waals surface area contributed by atoms with Crippen molar-refractivity contribution in [3.8, 4) is 5.75 Å². The summed E-state index contributed by atoms with van der Waals surface area (Å²) >= 11 is 6.03. The normalized spacial score (nSPS) is 10.8. The Kier molecular flexibility index (Phi) is 5.73. The fourth-order valence-electron chi connectivity index (χ4n) is 2.37. The number of aryl methyl sites for hydroxylation is 2. The number of hydrogen-bond acceptors (Lipinski definition) is 2. The number of hydrogen-bond donors (Lipinski definition) is 1. The summed E-state index contributed by atoms with van der Waals surface area (Å²) in [7, 11) is 0. The van der Waals surface area contributed by atoms with Gasteiger partial charge in [-0.25, -0.2) is 0 Å². The molecule has 0 saturated carbocycles. The highest BCUT2D eigenvalue weighted by molar-refractivity contribution is 6.30. The Morgan fingerprint density at radius 3 is 2.59 bits per heavy atom. The standard InChI is InChI=1S/C19H24ClNO/c1-13(2)17-8-5-14(3)11-19(17)22-10-9-21-18-12-16(20)7-6-15(18)4/h5-8,11-13,21H,9-10H2,1-4H3. The summed E-state index contributed by atoms with van der Waals surface area (Å²) in [4.78, 5) is 0. The van der Waals surface area contributed by atoms with E-state index in [2.05, 4.69) is 51.2 Å². The molecule has 0 atom stereocenters. The van der Waals surface area contributed by atoms with Crippen LogP contribution in [0.5, 0.6) is 5.75 Å². The molecule has 0 amide bonds. The minimum absolute atomic E-state index is 0.457. The highest BCUT2D eigenvalue weighted by Crippen LogP contribution is 2.27. The molecule has 0 aromatic heterocycles. The lowest BCUT2D eigenvalue weighted by atomic mass is 10.0. The van der Waals surface area contributed by atoms with Gasteiger partial charge in [0, 0.05) is 17.3 Å². The summed E-state index contributed by atoms with van der Waals surface area (Å²) in [6, 6.07) is 12.3. The SMILES string of the molecule is Cc1ccc(C(C)C)c(OCCNc2cc(Cl)ccc2C)c1. The molecule has 2 rings (SSSR count). The topological polar surface area (TPSA) is 21.3 Å². The number of rotatable bonds is 6. The second kappa shape index (κ2) is 7.55. The molecule has 0 aliphatic rings. The van der Waals surface area contributed by atoms with Gasteiger partial charge in [0.1, 0.15) is 12.4 Å². The van der Waals surface area contributed by atoms with Crippen molar-refractivity contribution in [2.75, 3.05) is 18.5 Å². The van der Waals surface area contributed by atoms with Gasteiger partial charge in [-0.15, -0.1) is 0 Å². The largest absolute Gasteiger partial charge is 0.491 e. The monoisotopic (exact) mass is 317 g/mol. The van der Waals surface area contributed by atoms with E-state index in [4.69, 9.17) is 16.3 Å². The highest BCUT2D eigenvalue weighted by atomic mass is 35.5. The predicted molar refractivity (Wildman–Crippen MR) is 95.4 cm³/mol. The molecule has 0 unspecified atom stereocenters. The Morgan fingerprint density at radius 1 is 1.09 bits per heavy atom. The predicted octanol–water partition coefficient (Wildman–Crippen LogP) is 5.57. The lowest BCUT2D eigenvalue weighted by molar-refractivity contribution is 0.328. The Morgan fingerprint density at radius 2 is 1.86 bits per heavy atom. The molecule has 0 spiro atoms. The molecule has 0 aliphatic carbocycles. The van der Waals surface area contributed by atoms with Crippen molar-refractivity contribution in [2.45, 2.75) is 33.6 Å². The molecule has 2 aromatic carbocycles. The fourth-order valence-corrected chi connectivity index (χ4v) is 2.55. The lowest BCUT2D eigenvalue weighted by Crippen LogP contribution is -2.13. The van der Waals surface area contributed by atoms with E-state index in [1.165, 1.54) is 16.7 Å². The van der Waals surface area contributed by atoms with Crippen LogP contribution in [0.25, 0.3) is 0 Å². The minimum atomic E-state index is 0.457. The summed E-state index contributed by atoms with van der Waals surface area (Å²) < 4.78 is 5.98. The second-order valence-corrected chi connectivity index (χ2v) is 6.37. The zero-order chi connectivity index (χ0) is 16.1. The van der Waals surface area contributed by atoms with Crippen LogP contribution in [0.15, 0.2) is 36.4 Å². The molecule has 0 saturated heterocycles. The molecular formula is C19H24ClNO. The highest BCUT2D eigenvalue weighted by Gasteiger charge is 2.08. The zero-order valence-electron chi connectivity index (χ0n) is 13.7. The maximum absolute atomic E-state index is 6.03. The van der Waals surface area contributed by atoms with Gasteiger partial charge in [-0.05, 0) is 54.7 Å². The molecule has 1 N–H and O–H groups in total. The van der Waals surface area contributed by atoms with E-state index in [9.17, 15) is 0 Å². The quantitative estimate of drug-likeness (QED) is 0.703. The van der Waals surface area contributed by atoms with Crippen LogP contribution in [0.2, 0.25) is 5.02 Å². The molecule has 3 heteroatoms. The van der Waals surface area contributed by atoms with E-state index in [0.29, 0.717) is 12.5 Å². The minimum Gasteiger partial charge on any atom is -0.491 e. The van der Waals surface area contributed by atoms with Crippen LogP contribution in [0, 0.1) is 13.8 Å². The van der Waals surface area contributed by atoms with Crippen LogP contribution in [0.4, 0.5) is 5.69 Å². The first-order valence-corrected chi connectivity index (χ1v) is 8.08. The molecule has 0 radical (unpaired) electrons. The van der Waals surface area contributed by atoms with E-state index in [-0.39, 0.29) is 0 Å². The average Bonchev–Trinajstić information content (AvgIpc) is 2.46. The van der Waals surface area contributed by atoms with Gasteiger partial charge >= 0.3 is 0 Å². The van der Waals surface area contributed by atoms with Gasteiger partial charge in [-0.3, -0.25) is 0 Å². The third-order valence-corrected chi connectivity index (χ3v) is 3.90. The molecule has 0 aliphatic heterocycles. The van der Waals surface area contributed by atoms with Gasteiger partial charge in [-0.2, -0.15) is 0 Å². The lowest BCUT2D eigenvalue weighted by Gasteiger charge is -2.16. The van der Waals surface area contributed by atoms with Gasteiger partial charge < -0.3 is 10.1 Å². The number of benzene rings is 2. The zero-order valence-corrected chi connectivity index (χ0v) is 14.5. The van der Waals surface area contributed by atoms with Gasteiger partial charge in [0.2, 0.25) is 0 Å². The van der Waals surface area contributed by atoms with Crippen LogP contribution in [0.3, 0.4) is 0 Å². The number of ether oxygens (including phenoxy) is 1. The average molecular weight is 318 g/mol. The molecular weight excluding hydrogens is 294 g/mol.